The van der Waals surface area contributed by atoms with Crippen LogP contribution in [-0.2, 0) is 4.79 Å². The summed E-state index contributed by atoms with van der Waals surface area (Å²) in [5.41, 5.74) is 1.91. The normalized spacial score (nSPS) is 22.0. The molecule has 1 aliphatic carbocycles. The summed E-state index contributed by atoms with van der Waals surface area (Å²) in [5, 5.41) is 10.2. The Labute approximate surface area is 202 Å². The predicted molar refractivity (Wildman–Crippen MR) is 132 cm³/mol. The maximum Gasteiger partial charge on any atom is 0.236 e. The van der Waals surface area contributed by atoms with Crippen molar-refractivity contribution in [3.8, 4) is 17.2 Å². The molecule has 2 aromatic carbocycles. The number of ether oxygens (including phenoxy) is 2. The topological polar surface area (TPSA) is 62.2 Å². The number of carbonyl (C=O) groups excluding carboxylic acids is 1. The molecule has 2 fully saturated rings. The highest BCUT2D eigenvalue weighted by atomic mass is 16.5. The quantitative estimate of drug-likeness (QED) is 0.703. The SMILES string of the molecule is CN(C)CC(=O)N1CCC2(CC1)CC(c1cccc(O)c1)c1ccc(OC3CCCC3)cc1O2. The molecule has 1 amide bonds. The number of amides is 1. The van der Waals surface area contributed by atoms with Crippen LogP contribution in [0, 0.1) is 0 Å². The van der Waals surface area contributed by atoms with Crippen molar-refractivity contribution in [3.05, 3.63) is 53.6 Å². The molecule has 182 valence electrons. The highest BCUT2D eigenvalue weighted by Gasteiger charge is 2.44. The molecule has 0 aromatic heterocycles. The van der Waals surface area contributed by atoms with Gasteiger partial charge in [0.2, 0.25) is 5.91 Å². The summed E-state index contributed by atoms with van der Waals surface area (Å²) in [6, 6.07) is 13.8. The van der Waals surface area contributed by atoms with E-state index >= 15 is 0 Å². The lowest BCUT2D eigenvalue weighted by Gasteiger charge is -2.47. The number of hydrogen-bond acceptors (Lipinski definition) is 5. The number of rotatable bonds is 5. The van der Waals surface area contributed by atoms with Gasteiger partial charge in [-0.25, -0.2) is 0 Å². The third-order valence-electron chi connectivity index (χ3n) is 7.62. The standard InChI is InChI=1S/C28H36N2O4/c1-29(2)19-27(32)30-14-12-28(13-15-30)18-25(20-6-5-7-21(31)16-20)24-11-10-23(17-26(24)34-28)33-22-8-3-4-9-22/h5-7,10-11,16-17,22,25,31H,3-4,8-9,12-15,18-19H2,1-2H3. The summed E-state index contributed by atoms with van der Waals surface area (Å²) in [6.07, 6.45) is 7.43. The second-order valence-electron chi connectivity index (χ2n) is 10.5. The van der Waals surface area contributed by atoms with E-state index in [9.17, 15) is 9.90 Å². The largest absolute Gasteiger partial charge is 0.508 e. The summed E-state index contributed by atoms with van der Waals surface area (Å²) >= 11 is 0. The van der Waals surface area contributed by atoms with Gasteiger partial charge in [-0.1, -0.05) is 18.2 Å². The van der Waals surface area contributed by atoms with E-state index in [1.54, 1.807) is 6.07 Å². The number of benzene rings is 2. The minimum absolute atomic E-state index is 0.125. The number of likely N-dealkylation sites (N-methyl/N-ethyl adjacent to an activating group) is 1. The highest BCUT2D eigenvalue weighted by Crippen LogP contribution is 2.49. The number of phenols is 1. The number of carbonyl (C=O) groups is 1. The minimum Gasteiger partial charge on any atom is -0.508 e. The van der Waals surface area contributed by atoms with Gasteiger partial charge in [0, 0.05) is 43.5 Å². The Morgan fingerprint density at radius 2 is 1.91 bits per heavy atom. The smallest absolute Gasteiger partial charge is 0.236 e. The van der Waals surface area contributed by atoms with Crippen molar-refractivity contribution in [2.75, 3.05) is 33.7 Å². The van der Waals surface area contributed by atoms with Crippen LogP contribution in [0.5, 0.6) is 17.2 Å². The maximum atomic E-state index is 12.6. The van der Waals surface area contributed by atoms with Crippen LogP contribution in [0.4, 0.5) is 0 Å². The molecule has 1 saturated carbocycles. The van der Waals surface area contributed by atoms with Crippen LogP contribution in [0.2, 0.25) is 0 Å². The molecular weight excluding hydrogens is 428 g/mol. The Hall–Kier alpha value is -2.73. The van der Waals surface area contributed by atoms with Crippen molar-refractivity contribution in [2.24, 2.45) is 0 Å². The third kappa shape index (κ3) is 4.88. The molecule has 1 spiro atoms. The van der Waals surface area contributed by atoms with Gasteiger partial charge in [0.15, 0.2) is 0 Å². The lowest BCUT2D eigenvalue weighted by atomic mass is 9.74. The molecule has 6 nitrogen and oxygen atoms in total. The van der Waals surface area contributed by atoms with Crippen LogP contribution in [0.25, 0.3) is 0 Å². The molecular formula is C28H36N2O4. The van der Waals surface area contributed by atoms with E-state index in [1.165, 1.54) is 12.8 Å². The van der Waals surface area contributed by atoms with Gasteiger partial charge < -0.3 is 24.4 Å². The molecule has 1 atom stereocenters. The van der Waals surface area contributed by atoms with Gasteiger partial charge in [-0.05, 0) is 70.0 Å². The molecule has 5 rings (SSSR count). The minimum atomic E-state index is -0.329. The highest BCUT2D eigenvalue weighted by molar-refractivity contribution is 5.78. The van der Waals surface area contributed by atoms with E-state index in [4.69, 9.17) is 9.47 Å². The zero-order chi connectivity index (χ0) is 23.7. The molecule has 3 aliphatic rings. The van der Waals surface area contributed by atoms with E-state index < -0.39 is 0 Å². The molecule has 1 saturated heterocycles. The van der Waals surface area contributed by atoms with Crippen molar-refractivity contribution in [1.29, 1.82) is 0 Å². The van der Waals surface area contributed by atoms with E-state index in [-0.39, 0.29) is 23.2 Å². The zero-order valence-corrected chi connectivity index (χ0v) is 20.3. The summed E-state index contributed by atoms with van der Waals surface area (Å²) < 4.78 is 13.1. The van der Waals surface area contributed by atoms with Gasteiger partial charge in [0.05, 0.1) is 12.6 Å². The van der Waals surface area contributed by atoms with Crippen molar-refractivity contribution < 1.29 is 19.4 Å². The number of aromatic hydroxyl groups is 1. The summed E-state index contributed by atoms with van der Waals surface area (Å²) in [5.74, 6) is 2.33. The average molecular weight is 465 g/mol. The second kappa shape index (κ2) is 9.49. The first-order chi connectivity index (χ1) is 16.4. The van der Waals surface area contributed by atoms with E-state index in [0.717, 1.165) is 54.7 Å². The van der Waals surface area contributed by atoms with Gasteiger partial charge in [0.25, 0.3) is 0 Å². The van der Waals surface area contributed by atoms with Crippen LogP contribution in [-0.4, -0.2) is 66.2 Å². The molecule has 2 aliphatic heterocycles. The first-order valence-electron chi connectivity index (χ1n) is 12.6. The lowest BCUT2D eigenvalue weighted by molar-refractivity contribution is -0.135. The van der Waals surface area contributed by atoms with Crippen molar-refractivity contribution in [1.82, 2.24) is 9.80 Å². The zero-order valence-electron chi connectivity index (χ0n) is 20.3. The second-order valence-corrected chi connectivity index (χ2v) is 10.5. The van der Waals surface area contributed by atoms with E-state index in [2.05, 4.69) is 24.3 Å². The molecule has 2 heterocycles. The summed E-state index contributed by atoms with van der Waals surface area (Å²) in [6.45, 7) is 1.84. The third-order valence-corrected chi connectivity index (χ3v) is 7.62. The van der Waals surface area contributed by atoms with Gasteiger partial charge in [0.1, 0.15) is 22.8 Å². The Morgan fingerprint density at radius 3 is 2.62 bits per heavy atom. The monoisotopic (exact) mass is 464 g/mol. The van der Waals surface area contributed by atoms with E-state index in [0.29, 0.717) is 25.7 Å². The van der Waals surface area contributed by atoms with Crippen molar-refractivity contribution in [2.45, 2.75) is 62.6 Å². The number of fused-ring (bicyclic) bond motifs is 1. The number of hydrogen-bond donors (Lipinski definition) is 1. The van der Waals surface area contributed by atoms with Gasteiger partial charge in [-0.15, -0.1) is 0 Å². The van der Waals surface area contributed by atoms with Gasteiger partial charge in [-0.2, -0.15) is 0 Å². The van der Waals surface area contributed by atoms with Gasteiger partial charge in [-0.3, -0.25) is 4.79 Å². The van der Waals surface area contributed by atoms with Crippen LogP contribution in [0.3, 0.4) is 0 Å². The number of phenolic OH excluding ortho intramolecular Hbond substituents is 1. The Bertz CT molecular complexity index is 1020. The maximum absolute atomic E-state index is 12.6. The number of piperidine rings is 1. The van der Waals surface area contributed by atoms with Crippen LogP contribution >= 0.6 is 0 Å². The molecule has 0 radical (unpaired) electrons. The number of nitrogens with zero attached hydrogens (tertiary/aromatic N) is 2. The summed E-state index contributed by atoms with van der Waals surface area (Å²) in [4.78, 5) is 16.5. The first-order valence-corrected chi connectivity index (χ1v) is 12.6. The lowest BCUT2D eigenvalue weighted by Crippen LogP contribution is -2.53. The fraction of sp³-hybridized carbons (Fsp3) is 0.536. The molecule has 34 heavy (non-hydrogen) atoms. The fourth-order valence-corrected chi connectivity index (χ4v) is 5.80. The Morgan fingerprint density at radius 1 is 1.15 bits per heavy atom. The number of likely N-dealkylation sites (tertiary alicyclic amines) is 1. The Kier molecular flexibility index (Phi) is 6.43. The van der Waals surface area contributed by atoms with E-state index in [1.807, 2.05) is 36.0 Å². The average Bonchev–Trinajstić information content (AvgIpc) is 3.31. The molecule has 1 unspecified atom stereocenters. The fourth-order valence-electron chi connectivity index (χ4n) is 5.80. The molecule has 0 bridgehead atoms. The summed E-state index contributed by atoms with van der Waals surface area (Å²) in [7, 11) is 3.85. The van der Waals surface area contributed by atoms with Crippen LogP contribution in [0.15, 0.2) is 42.5 Å². The van der Waals surface area contributed by atoms with Crippen LogP contribution < -0.4 is 9.47 Å². The van der Waals surface area contributed by atoms with Crippen molar-refractivity contribution >= 4 is 5.91 Å². The first kappa shape index (κ1) is 23.0. The van der Waals surface area contributed by atoms with Crippen LogP contribution in [0.1, 0.15) is 62.0 Å². The molecule has 2 aromatic rings. The Balaban J connectivity index is 1.42. The predicted octanol–water partition coefficient (Wildman–Crippen LogP) is 4.55. The van der Waals surface area contributed by atoms with Gasteiger partial charge >= 0.3 is 0 Å². The molecule has 6 heteroatoms. The molecule has 1 N–H and O–H groups in total. The van der Waals surface area contributed by atoms with Crippen molar-refractivity contribution in [3.63, 3.8) is 0 Å².